The molecular weight excluding hydrogens is 295 g/mol. The molecule has 0 aliphatic carbocycles. The van der Waals surface area contributed by atoms with E-state index in [2.05, 4.69) is 5.32 Å². The molecule has 0 unspecified atom stereocenters. The smallest absolute Gasteiger partial charge is 0.222 e. The number of furan rings is 1. The van der Waals surface area contributed by atoms with Crippen LogP contribution in [0.3, 0.4) is 0 Å². The van der Waals surface area contributed by atoms with Crippen LogP contribution in [0.15, 0.2) is 71.6 Å². The fraction of sp³-hybridized carbons (Fsp3) is 0.167. The molecule has 3 rings (SSSR count). The lowest BCUT2D eigenvalue weighted by atomic mass is 10.1. The molecule has 1 atom stereocenters. The first kappa shape index (κ1) is 15.1. The molecule has 1 amide bonds. The molecule has 5 heteroatoms. The van der Waals surface area contributed by atoms with Gasteiger partial charge in [-0.05, 0) is 42.0 Å². The fourth-order valence-electron chi connectivity index (χ4n) is 2.44. The summed E-state index contributed by atoms with van der Waals surface area (Å²) in [5.41, 5.74) is 0.857. The highest BCUT2D eigenvalue weighted by molar-refractivity contribution is 5.76. The van der Waals surface area contributed by atoms with Crippen molar-refractivity contribution < 1.29 is 13.6 Å². The van der Waals surface area contributed by atoms with E-state index < -0.39 is 0 Å². The number of hydrogen-bond acceptors (Lipinski definition) is 2. The van der Waals surface area contributed by atoms with Gasteiger partial charge in [0.25, 0.3) is 0 Å². The van der Waals surface area contributed by atoms with E-state index >= 15 is 0 Å². The number of hydrogen-bond donors (Lipinski definition) is 1. The molecule has 2 aromatic heterocycles. The molecule has 1 aromatic carbocycles. The second-order valence-corrected chi connectivity index (χ2v) is 5.27. The van der Waals surface area contributed by atoms with E-state index in [1.54, 1.807) is 18.4 Å². The second kappa shape index (κ2) is 6.96. The van der Waals surface area contributed by atoms with E-state index in [0.717, 1.165) is 11.3 Å². The van der Waals surface area contributed by atoms with E-state index in [4.69, 9.17) is 4.42 Å². The van der Waals surface area contributed by atoms with Crippen LogP contribution < -0.4 is 5.32 Å². The van der Waals surface area contributed by atoms with Crippen molar-refractivity contribution in [2.45, 2.75) is 19.0 Å². The van der Waals surface area contributed by atoms with Crippen LogP contribution in [0, 0.1) is 5.82 Å². The number of aromatic nitrogens is 1. The van der Waals surface area contributed by atoms with Crippen LogP contribution in [0.4, 0.5) is 4.39 Å². The van der Waals surface area contributed by atoms with Gasteiger partial charge in [-0.15, -0.1) is 0 Å². The average Bonchev–Trinajstić information content (AvgIpc) is 3.25. The van der Waals surface area contributed by atoms with E-state index in [1.165, 1.54) is 12.1 Å². The Morgan fingerprint density at radius 1 is 1.13 bits per heavy atom. The molecule has 1 N–H and O–H groups in total. The maximum atomic E-state index is 12.9. The van der Waals surface area contributed by atoms with Crippen LogP contribution in [0.1, 0.15) is 23.8 Å². The highest BCUT2D eigenvalue weighted by Crippen LogP contribution is 2.22. The summed E-state index contributed by atoms with van der Waals surface area (Å²) in [5, 5.41) is 2.86. The quantitative estimate of drug-likeness (QED) is 0.757. The van der Waals surface area contributed by atoms with Crippen LogP contribution in [-0.4, -0.2) is 10.5 Å². The summed E-state index contributed by atoms with van der Waals surface area (Å²) in [6, 6.07) is 13.4. The van der Waals surface area contributed by atoms with Crippen molar-refractivity contribution in [2.75, 3.05) is 0 Å². The lowest BCUT2D eigenvalue weighted by Crippen LogP contribution is -2.26. The minimum atomic E-state index is -0.287. The Bertz CT molecular complexity index is 700. The Morgan fingerprint density at radius 3 is 2.52 bits per heavy atom. The number of carbonyl (C=O) groups is 1. The molecule has 0 fully saturated rings. The predicted octanol–water partition coefficient (Wildman–Crippen LogP) is 3.52. The Hall–Kier alpha value is -2.82. The lowest BCUT2D eigenvalue weighted by Gasteiger charge is -2.16. The van der Waals surface area contributed by atoms with Crippen molar-refractivity contribution in [1.29, 1.82) is 0 Å². The van der Waals surface area contributed by atoms with Gasteiger partial charge < -0.3 is 14.3 Å². The molecule has 0 spiro atoms. The summed E-state index contributed by atoms with van der Waals surface area (Å²) in [6.07, 6.45) is 5.67. The largest absolute Gasteiger partial charge is 0.467 e. The Kier molecular flexibility index (Phi) is 4.57. The van der Waals surface area contributed by atoms with Crippen LogP contribution in [0.5, 0.6) is 0 Å². The van der Waals surface area contributed by atoms with Crippen molar-refractivity contribution in [1.82, 2.24) is 9.88 Å². The van der Waals surface area contributed by atoms with Gasteiger partial charge in [0.15, 0.2) is 0 Å². The van der Waals surface area contributed by atoms with Crippen LogP contribution in [0.2, 0.25) is 0 Å². The fourth-order valence-corrected chi connectivity index (χ4v) is 2.44. The molecule has 0 bridgehead atoms. The molecule has 0 aliphatic rings. The zero-order valence-corrected chi connectivity index (χ0v) is 12.5. The molecule has 0 saturated carbocycles. The number of carbonyl (C=O) groups excluding carboxylic acids is 1. The van der Waals surface area contributed by atoms with Crippen molar-refractivity contribution in [2.24, 2.45) is 0 Å². The molecule has 118 valence electrons. The SMILES string of the molecule is O=C(C[C@@H](c1ccco1)n1cccc1)NCc1ccc(F)cc1. The Morgan fingerprint density at radius 2 is 1.87 bits per heavy atom. The van der Waals surface area contributed by atoms with Gasteiger partial charge in [0.05, 0.1) is 18.7 Å². The standard InChI is InChI=1S/C18H17FN2O2/c19-15-7-5-14(6-8-15)13-20-18(22)12-16(17-4-3-11-23-17)21-9-1-2-10-21/h1-11,16H,12-13H2,(H,20,22)/t16-/m0/s1. The van der Waals surface area contributed by atoms with Gasteiger partial charge in [-0.25, -0.2) is 4.39 Å². The van der Waals surface area contributed by atoms with Gasteiger partial charge in [0.1, 0.15) is 11.6 Å². The van der Waals surface area contributed by atoms with E-state index in [0.29, 0.717) is 6.54 Å². The van der Waals surface area contributed by atoms with E-state index in [-0.39, 0.29) is 24.2 Å². The van der Waals surface area contributed by atoms with Crippen LogP contribution in [0.25, 0.3) is 0 Å². The van der Waals surface area contributed by atoms with Crippen LogP contribution in [-0.2, 0) is 11.3 Å². The maximum Gasteiger partial charge on any atom is 0.222 e. The third-order valence-corrected chi connectivity index (χ3v) is 3.64. The summed E-state index contributed by atoms with van der Waals surface area (Å²) < 4.78 is 20.3. The van der Waals surface area contributed by atoms with Gasteiger partial charge in [-0.2, -0.15) is 0 Å². The molecular formula is C18H17FN2O2. The first-order valence-electron chi connectivity index (χ1n) is 7.39. The predicted molar refractivity (Wildman–Crippen MR) is 84.1 cm³/mol. The van der Waals surface area contributed by atoms with Crippen molar-refractivity contribution in [3.05, 3.63) is 84.3 Å². The summed E-state index contributed by atoms with van der Waals surface area (Å²) in [4.78, 5) is 12.2. The van der Waals surface area contributed by atoms with Gasteiger partial charge >= 0.3 is 0 Å². The molecule has 0 aliphatic heterocycles. The van der Waals surface area contributed by atoms with Gasteiger partial charge in [0.2, 0.25) is 5.91 Å². The zero-order chi connectivity index (χ0) is 16.1. The lowest BCUT2D eigenvalue weighted by molar-refractivity contribution is -0.121. The molecule has 23 heavy (non-hydrogen) atoms. The highest BCUT2D eigenvalue weighted by Gasteiger charge is 2.19. The summed E-state index contributed by atoms with van der Waals surface area (Å²) in [6.45, 7) is 0.371. The van der Waals surface area contributed by atoms with E-state index in [1.807, 2.05) is 41.2 Å². The van der Waals surface area contributed by atoms with Crippen molar-refractivity contribution in [3.63, 3.8) is 0 Å². The van der Waals surface area contributed by atoms with Crippen LogP contribution >= 0.6 is 0 Å². The zero-order valence-electron chi connectivity index (χ0n) is 12.5. The average molecular weight is 312 g/mol. The number of halogens is 1. The molecule has 4 nitrogen and oxygen atoms in total. The highest BCUT2D eigenvalue weighted by atomic mass is 19.1. The molecule has 3 aromatic rings. The molecule has 0 radical (unpaired) electrons. The molecule has 2 heterocycles. The number of amides is 1. The third-order valence-electron chi connectivity index (χ3n) is 3.64. The van der Waals surface area contributed by atoms with Crippen molar-refractivity contribution in [3.8, 4) is 0 Å². The number of nitrogens with zero attached hydrogens (tertiary/aromatic N) is 1. The summed E-state index contributed by atoms with van der Waals surface area (Å²) >= 11 is 0. The molecule has 0 saturated heterocycles. The number of benzene rings is 1. The third kappa shape index (κ3) is 3.88. The maximum absolute atomic E-state index is 12.9. The van der Waals surface area contributed by atoms with Crippen molar-refractivity contribution >= 4 is 5.91 Å². The number of nitrogens with one attached hydrogen (secondary N) is 1. The topological polar surface area (TPSA) is 47.2 Å². The second-order valence-electron chi connectivity index (χ2n) is 5.27. The minimum absolute atomic E-state index is 0.0931. The van der Waals surface area contributed by atoms with E-state index in [9.17, 15) is 9.18 Å². The van der Waals surface area contributed by atoms with Gasteiger partial charge in [-0.3, -0.25) is 4.79 Å². The first-order chi connectivity index (χ1) is 11.2. The summed E-state index contributed by atoms with van der Waals surface area (Å²) in [5.74, 6) is 0.355. The van der Waals surface area contributed by atoms with Gasteiger partial charge in [-0.1, -0.05) is 12.1 Å². The first-order valence-corrected chi connectivity index (χ1v) is 7.39. The monoisotopic (exact) mass is 312 g/mol. The Labute approximate surface area is 133 Å². The number of rotatable bonds is 6. The Balaban J connectivity index is 1.63. The minimum Gasteiger partial charge on any atom is -0.467 e. The summed E-state index contributed by atoms with van der Waals surface area (Å²) in [7, 11) is 0. The van der Waals surface area contributed by atoms with Gasteiger partial charge in [0, 0.05) is 18.9 Å². The normalized spacial score (nSPS) is 12.0.